The number of carbonyl (C=O) groups is 1. The summed E-state index contributed by atoms with van der Waals surface area (Å²) in [7, 11) is 1.38. The molecule has 0 fully saturated rings. The molecule has 0 aromatic carbocycles. The number of phosphoric acid groups is 1. The number of hydrogen-bond donors (Lipinski definition) is 4. The first-order valence-corrected chi connectivity index (χ1v) is 25.1. The van der Waals surface area contributed by atoms with Crippen LogP contribution in [0.2, 0.25) is 0 Å². The third-order valence-corrected chi connectivity index (χ3v) is 10.9. The molecule has 0 heterocycles. The van der Waals surface area contributed by atoms with Crippen molar-refractivity contribution in [2.45, 2.75) is 180 Å². The molecule has 4 N–H and O–H groups in total. The lowest BCUT2D eigenvalue weighted by Crippen LogP contribution is -2.51. The second-order valence-corrected chi connectivity index (χ2v) is 18.3. The van der Waals surface area contributed by atoms with Gasteiger partial charge in [-0.2, -0.15) is 0 Å². The van der Waals surface area contributed by atoms with E-state index >= 15 is 0 Å². The number of nitrogens with one attached hydrogen (secondary N) is 1. The molecule has 350 valence electrons. The van der Waals surface area contributed by atoms with Gasteiger partial charge in [0.2, 0.25) is 5.91 Å². The van der Waals surface area contributed by atoms with Gasteiger partial charge < -0.3 is 24.9 Å². The molecule has 0 radical (unpaired) electrons. The van der Waals surface area contributed by atoms with Gasteiger partial charge in [0.25, 0.3) is 0 Å². The summed E-state index contributed by atoms with van der Waals surface area (Å²) in [5.74, 6) is -0.287. The second kappa shape index (κ2) is 41.4. The molecule has 0 bridgehead atoms. The minimum absolute atomic E-state index is 0.00560. The van der Waals surface area contributed by atoms with E-state index in [9.17, 15) is 24.5 Å². The van der Waals surface area contributed by atoms with Crippen LogP contribution in [0.25, 0.3) is 0 Å². The quantitative estimate of drug-likeness (QED) is 0.0209. The van der Waals surface area contributed by atoms with E-state index in [0.29, 0.717) is 30.3 Å². The van der Waals surface area contributed by atoms with Crippen LogP contribution in [-0.2, 0) is 18.4 Å². The molecular weight excluding hydrogens is 784 g/mol. The number of carbonyl (C=O) groups excluding carboxylic acids is 1. The number of quaternary nitrogens is 1. The van der Waals surface area contributed by atoms with E-state index in [4.69, 9.17) is 9.05 Å². The van der Waals surface area contributed by atoms with Crippen LogP contribution in [0.15, 0.2) is 97.2 Å². The average Bonchev–Trinajstić information content (AvgIpc) is 3.21. The van der Waals surface area contributed by atoms with Gasteiger partial charge in [0.05, 0.1) is 39.9 Å². The molecule has 0 aliphatic rings. The van der Waals surface area contributed by atoms with Crippen LogP contribution in [0.4, 0.5) is 0 Å². The van der Waals surface area contributed by atoms with Crippen LogP contribution in [0.3, 0.4) is 0 Å². The van der Waals surface area contributed by atoms with E-state index in [1.165, 1.54) is 32.1 Å². The average molecular weight is 874 g/mol. The molecule has 4 atom stereocenters. The number of nitrogens with zero attached hydrogens (tertiary/aromatic N) is 1. The third kappa shape index (κ3) is 42.5. The third-order valence-electron chi connectivity index (χ3n) is 9.96. The monoisotopic (exact) mass is 874 g/mol. The molecule has 0 aliphatic carbocycles. The maximum absolute atomic E-state index is 12.9. The molecular formula is C51H90N2O7P+. The summed E-state index contributed by atoms with van der Waals surface area (Å²) in [6.07, 6.45) is 54.9. The summed E-state index contributed by atoms with van der Waals surface area (Å²) in [4.78, 5) is 23.2. The molecule has 0 rings (SSSR count). The van der Waals surface area contributed by atoms with Gasteiger partial charge in [0, 0.05) is 6.42 Å². The summed E-state index contributed by atoms with van der Waals surface area (Å²) < 4.78 is 23.5. The lowest BCUT2D eigenvalue weighted by atomic mass is 10.0. The topological polar surface area (TPSA) is 125 Å². The standard InChI is InChI=1S/C51H89N2O7P/c1-6-8-10-12-14-16-18-20-21-22-23-24-25-26-27-28-29-30-31-32-34-36-38-40-42-44-50(55)52-48(47-60-61(57,58)59-46-45-53(3,4)5)51(56)49(54)43-41-39-37-35-33-19-17-15-13-11-9-7-2/h7-10,14-17,20-21,23-24,26-27,35,37,48-49,51,54,56H,6,11-13,18-19,22,25,28-34,36,38-47H2,1-5H3,(H-,52,55,57,58)/p+1/b9-7+,10-8-,16-14-,17-15+,21-20-,24-23-,27-26-,37-35+. The predicted octanol–water partition coefficient (Wildman–Crippen LogP) is 12.5. The number of allylic oxidation sites excluding steroid dienone is 16. The summed E-state index contributed by atoms with van der Waals surface area (Å²) >= 11 is 0. The van der Waals surface area contributed by atoms with Crippen molar-refractivity contribution >= 4 is 13.7 Å². The highest BCUT2D eigenvalue weighted by Crippen LogP contribution is 2.43. The number of phosphoric ester groups is 1. The molecule has 0 saturated carbocycles. The molecule has 9 nitrogen and oxygen atoms in total. The summed E-state index contributed by atoms with van der Waals surface area (Å²) in [5.41, 5.74) is 0. The summed E-state index contributed by atoms with van der Waals surface area (Å²) in [6, 6.07) is -1.07. The lowest BCUT2D eigenvalue weighted by molar-refractivity contribution is -0.870. The molecule has 0 saturated heterocycles. The Morgan fingerprint density at radius 1 is 0.607 bits per heavy atom. The van der Waals surface area contributed by atoms with Crippen LogP contribution in [0, 0.1) is 0 Å². The van der Waals surface area contributed by atoms with Crippen LogP contribution < -0.4 is 5.32 Å². The Bertz CT molecular complexity index is 1330. The van der Waals surface area contributed by atoms with E-state index in [1.807, 2.05) is 28.1 Å². The fourth-order valence-electron chi connectivity index (χ4n) is 6.21. The SMILES string of the molecule is C/C=C/CC/C=C/CC/C=C/CCCC(O)C(O)C(COP(=O)(O)OCC[N+](C)(C)C)NC(=O)CCCCCCCCCCC/C=C\C/C=C\C/C=C\C/C=C\C/C=C\CC. The van der Waals surface area contributed by atoms with E-state index in [0.717, 1.165) is 89.9 Å². The highest BCUT2D eigenvalue weighted by molar-refractivity contribution is 7.47. The first kappa shape index (κ1) is 58.4. The summed E-state index contributed by atoms with van der Waals surface area (Å²) in [5, 5.41) is 24.6. The van der Waals surface area contributed by atoms with Gasteiger partial charge in [-0.3, -0.25) is 13.8 Å². The Balaban J connectivity index is 4.42. The molecule has 0 spiro atoms. The van der Waals surface area contributed by atoms with E-state index in [-0.39, 0.29) is 18.9 Å². The molecule has 0 aromatic rings. The Morgan fingerprint density at radius 2 is 1.05 bits per heavy atom. The van der Waals surface area contributed by atoms with Crippen LogP contribution in [0.5, 0.6) is 0 Å². The van der Waals surface area contributed by atoms with Crippen LogP contribution >= 0.6 is 7.82 Å². The Hall–Kier alpha value is -2.62. The number of aliphatic hydroxyl groups is 2. The van der Waals surface area contributed by atoms with Crippen molar-refractivity contribution in [3.8, 4) is 0 Å². The minimum atomic E-state index is -4.44. The van der Waals surface area contributed by atoms with Crippen molar-refractivity contribution in [3.63, 3.8) is 0 Å². The van der Waals surface area contributed by atoms with Gasteiger partial charge >= 0.3 is 7.82 Å². The maximum Gasteiger partial charge on any atom is 0.472 e. The second-order valence-electron chi connectivity index (χ2n) is 16.9. The van der Waals surface area contributed by atoms with Crippen molar-refractivity contribution in [1.29, 1.82) is 0 Å². The molecule has 61 heavy (non-hydrogen) atoms. The first-order chi connectivity index (χ1) is 29.4. The number of unbranched alkanes of at least 4 members (excludes halogenated alkanes) is 12. The fraction of sp³-hybridized carbons (Fsp3) is 0.667. The zero-order valence-electron chi connectivity index (χ0n) is 39.2. The van der Waals surface area contributed by atoms with E-state index < -0.39 is 32.7 Å². The normalized spacial score (nSPS) is 15.6. The number of aliphatic hydroxyl groups excluding tert-OH is 2. The van der Waals surface area contributed by atoms with Gasteiger partial charge in [0.1, 0.15) is 19.3 Å². The first-order valence-electron chi connectivity index (χ1n) is 23.7. The molecule has 4 unspecified atom stereocenters. The Kier molecular flexibility index (Phi) is 39.6. The number of hydrogen-bond acceptors (Lipinski definition) is 6. The number of rotatable bonds is 41. The molecule has 10 heteroatoms. The van der Waals surface area contributed by atoms with Crippen LogP contribution in [-0.4, -0.2) is 84.6 Å². The largest absolute Gasteiger partial charge is 0.472 e. The summed E-state index contributed by atoms with van der Waals surface area (Å²) in [6.45, 7) is 4.21. The van der Waals surface area contributed by atoms with Crippen molar-refractivity contribution in [1.82, 2.24) is 5.32 Å². The molecule has 0 aromatic heterocycles. The maximum atomic E-state index is 12.9. The van der Waals surface area contributed by atoms with Gasteiger partial charge in [-0.1, -0.05) is 149 Å². The van der Waals surface area contributed by atoms with Gasteiger partial charge in [-0.05, 0) is 103 Å². The van der Waals surface area contributed by atoms with Gasteiger partial charge in [0.15, 0.2) is 0 Å². The fourth-order valence-corrected chi connectivity index (χ4v) is 6.94. The smallest absolute Gasteiger partial charge is 0.390 e. The van der Waals surface area contributed by atoms with E-state index in [1.54, 1.807) is 0 Å². The molecule has 0 aliphatic heterocycles. The van der Waals surface area contributed by atoms with Gasteiger partial charge in [-0.25, -0.2) is 4.57 Å². The van der Waals surface area contributed by atoms with Crippen molar-refractivity contribution in [2.24, 2.45) is 0 Å². The number of amides is 1. The lowest BCUT2D eigenvalue weighted by Gasteiger charge is -2.28. The molecule has 1 amide bonds. The zero-order valence-corrected chi connectivity index (χ0v) is 40.1. The Labute approximate surface area is 373 Å². The van der Waals surface area contributed by atoms with Crippen LogP contribution in [0.1, 0.15) is 162 Å². The van der Waals surface area contributed by atoms with Gasteiger partial charge in [-0.15, -0.1) is 0 Å². The predicted molar refractivity (Wildman–Crippen MR) is 259 cm³/mol. The highest BCUT2D eigenvalue weighted by atomic mass is 31.2. The van der Waals surface area contributed by atoms with Crippen molar-refractivity contribution in [3.05, 3.63) is 97.2 Å². The number of likely N-dealkylation sites (N-methyl/N-ethyl adjacent to an activating group) is 1. The Morgan fingerprint density at radius 3 is 1.57 bits per heavy atom. The highest BCUT2D eigenvalue weighted by Gasteiger charge is 2.31. The zero-order chi connectivity index (χ0) is 45.1. The van der Waals surface area contributed by atoms with Crippen molar-refractivity contribution in [2.75, 3.05) is 40.9 Å². The van der Waals surface area contributed by atoms with E-state index in [2.05, 4.69) is 109 Å². The van der Waals surface area contributed by atoms with Crippen molar-refractivity contribution < 1.29 is 38.0 Å². The minimum Gasteiger partial charge on any atom is -0.390 e.